The Hall–Kier alpha value is -4.34. The van der Waals surface area contributed by atoms with Gasteiger partial charge in [0.25, 0.3) is 0 Å². The number of carbonyl (C=O) groups excluding carboxylic acids is 4. The zero-order chi connectivity index (χ0) is 26.1. The largest absolute Gasteiger partial charge is 0.497 e. The van der Waals surface area contributed by atoms with E-state index in [0.29, 0.717) is 12.1 Å². The van der Waals surface area contributed by atoms with Crippen LogP contribution in [0.4, 0.5) is 10.5 Å². The van der Waals surface area contributed by atoms with Crippen LogP contribution in [0.25, 0.3) is 0 Å². The number of rotatable bonds is 10. The fourth-order valence-electron chi connectivity index (χ4n) is 3.64. The summed E-state index contributed by atoms with van der Waals surface area (Å²) >= 11 is 0. The van der Waals surface area contributed by atoms with Crippen molar-refractivity contribution in [1.82, 2.24) is 10.6 Å². The van der Waals surface area contributed by atoms with Gasteiger partial charge in [-0.15, -0.1) is 0 Å². The lowest BCUT2D eigenvalue weighted by molar-refractivity contribution is -0.139. The standard InChI is InChI=1S/C26H29N3O7/c1-4-35-25(32)23-16(2)27-26(33)29-21(23)15-36-24(31)19-7-5-6-8-20(19)28-22(30)14-11-17-9-12-18(34-3)13-10-17/h5-10,12-13,16H,4,11,14-15H2,1-3H3,(H,28,30)(H2,27,29,33)/t16-/m1/s1. The molecule has 3 N–H and O–H groups in total. The summed E-state index contributed by atoms with van der Waals surface area (Å²) < 4.78 is 15.6. The first-order valence-electron chi connectivity index (χ1n) is 11.5. The monoisotopic (exact) mass is 495 g/mol. The fraction of sp³-hybridized carbons (Fsp3) is 0.308. The van der Waals surface area contributed by atoms with Crippen molar-refractivity contribution in [3.8, 4) is 5.75 Å². The number of benzene rings is 2. The first-order chi connectivity index (χ1) is 17.3. The van der Waals surface area contributed by atoms with Crippen LogP contribution in [0.5, 0.6) is 5.75 Å². The van der Waals surface area contributed by atoms with Crippen LogP contribution in [0.15, 0.2) is 59.8 Å². The molecule has 3 rings (SSSR count). The Kier molecular flexibility index (Phi) is 9.04. The third kappa shape index (κ3) is 6.84. The minimum absolute atomic E-state index is 0.138. The summed E-state index contributed by atoms with van der Waals surface area (Å²) in [7, 11) is 1.59. The van der Waals surface area contributed by atoms with Crippen molar-refractivity contribution in [2.45, 2.75) is 32.7 Å². The lowest BCUT2D eigenvalue weighted by Gasteiger charge is -2.26. The molecule has 2 aromatic rings. The van der Waals surface area contributed by atoms with Crippen LogP contribution in [0.1, 0.15) is 36.2 Å². The Morgan fingerprint density at radius 3 is 2.42 bits per heavy atom. The van der Waals surface area contributed by atoms with Gasteiger partial charge in [-0.3, -0.25) is 4.79 Å². The molecule has 36 heavy (non-hydrogen) atoms. The maximum absolute atomic E-state index is 12.8. The van der Waals surface area contributed by atoms with E-state index in [9.17, 15) is 19.2 Å². The van der Waals surface area contributed by atoms with Gasteiger partial charge in [-0.25, -0.2) is 14.4 Å². The van der Waals surface area contributed by atoms with E-state index >= 15 is 0 Å². The Morgan fingerprint density at radius 2 is 1.72 bits per heavy atom. The molecule has 1 heterocycles. The number of aryl methyl sites for hydroxylation is 1. The van der Waals surface area contributed by atoms with Gasteiger partial charge in [0.15, 0.2) is 0 Å². The number of methoxy groups -OCH3 is 1. The van der Waals surface area contributed by atoms with Crippen LogP contribution in [0, 0.1) is 0 Å². The number of urea groups is 1. The Labute approximate surface area is 209 Å². The van der Waals surface area contributed by atoms with Crippen LogP contribution in [-0.2, 0) is 25.5 Å². The molecule has 10 heteroatoms. The Morgan fingerprint density at radius 1 is 1.00 bits per heavy atom. The normalized spacial score (nSPS) is 14.9. The molecule has 190 valence electrons. The molecule has 10 nitrogen and oxygen atoms in total. The SMILES string of the molecule is CCOC(=O)C1=C(COC(=O)c2ccccc2NC(=O)CCc2ccc(OC)cc2)NC(=O)N[C@@H]1C. The van der Waals surface area contributed by atoms with Crippen molar-refractivity contribution in [2.24, 2.45) is 0 Å². The van der Waals surface area contributed by atoms with Crippen molar-refractivity contribution < 1.29 is 33.4 Å². The number of anilines is 1. The smallest absolute Gasteiger partial charge is 0.340 e. The van der Waals surface area contributed by atoms with Gasteiger partial charge in [0.1, 0.15) is 12.4 Å². The molecule has 0 aromatic heterocycles. The predicted octanol–water partition coefficient (Wildman–Crippen LogP) is 2.94. The quantitative estimate of drug-likeness (QED) is 0.432. The van der Waals surface area contributed by atoms with E-state index in [1.807, 2.05) is 24.3 Å². The van der Waals surface area contributed by atoms with Gasteiger partial charge in [-0.2, -0.15) is 0 Å². The second-order valence-corrected chi connectivity index (χ2v) is 7.95. The van der Waals surface area contributed by atoms with Gasteiger partial charge in [-0.05, 0) is 50.1 Å². The van der Waals surface area contributed by atoms with E-state index in [4.69, 9.17) is 14.2 Å². The highest BCUT2D eigenvalue weighted by molar-refractivity contribution is 6.01. The van der Waals surface area contributed by atoms with Crippen LogP contribution < -0.4 is 20.7 Å². The average Bonchev–Trinajstić information content (AvgIpc) is 2.86. The molecule has 0 saturated carbocycles. The van der Waals surface area contributed by atoms with Crippen molar-refractivity contribution >= 4 is 29.6 Å². The molecule has 2 aromatic carbocycles. The van der Waals surface area contributed by atoms with Crippen molar-refractivity contribution in [3.05, 3.63) is 70.9 Å². The van der Waals surface area contributed by atoms with E-state index in [1.165, 1.54) is 6.07 Å². The number of hydrogen-bond acceptors (Lipinski definition) is 7. The number of ether oxygens (including phenoxy) is 3. The third-order valence-corrected chi connectivity index (χ3v) is 5.43. The van der Waals surface area contributed by atoms with Gasteiger partial charge >= 0.3 is 18.0 Å². The van der Waals surface area contributed by atoms with E-state index < -0.39 is 24.0 Å². The number of esters is 2. The second-order valence-electron chi connectivity index (χ2n) is 7.95. The average molecular weight is 496 g/mol. The van der Waals surface area contributed by atoms with Gasteiger partial charge in [-0.1, -0.05) is 24.3 Å². The van der Waals surface area contributed by atoms with Crippen molar-refractivity contribution in [2.75, 3.05) is 25.6 Å². The molecule has 1 atom stereocenters. The maximum atomic E-state index is 12.8. The lowest BCUT2D eigenvalue weighted by Crippen LogP contribution is -2.50. The minimum Gasteiger partial charge on any atom is -0.497 e. The topological polar surface area (TPSA) is 132 Å². The molecular weight excluding hydrogens is 466 g/mol. The lowest BCUT2D eigenvalue weighted by atomic mass is 10.0. The fourth-order valence-corrected chi connectivity index (χ4v) is 3.64. The van der Waals surface area contributed by atoms with Crippen LogP contribution >= 0.6 is 0 Å². The zero-order valence-corrected chi connectivity index (χ0v) is 20.4. The molecule has 3 amide bonds. The maximum Gasteiger partial charge on any atom is 0.340 e. The highest BCUT2D eigenvalue weighted by Gasteiger charge is 2.30. The molecule has 0 saturated heterocycles. The number of para-hydroxylation sites is 1. The minimum atomic E-state index is -0.725. The molecule has 0 unspecified atom stereocenters. The summed E-state index contributed by atoms with van der Waals surface area (Å²) in [5.41, 5.74) is 1.72. The zero-order valence-electron chi connectivity index (χ0n) is 20.4. The molecule has 0 bridgehead atoms. The first-order valence-corrected chi connectivity index (χ1v) is 11.5. The molecule has 0 spiro atoms. The summed E-state index contributed by atoms with van der Waals surface area (Å²) in [6.07, 6.45) is 0.724. The summed E-state index contributed by atoms with van der Waals surface area (Å²) in [6.45, 7) is 3.09. The van der Waals surface area contributed by atoms with Crippen molar-refractivity contribution in [1.29, 1.82) is 0 Å². The van der Waals surface area contributed by atoms with E-state index in [-0.39, 0.29) is 42.4 Å². The van der Waals surface area contributed by atoms with E-state index in [2.05, 4.69) is 16.0 Å². The Bertz CT molecular complexity index is 1160. The molecule has 1 aliphatic heterocycles. The molecular formula is C26H29N3O7. The summed E-state index contributed by atoms with van der Waals surface area (Å²) in [5, 5.41) is 7.83. The number of amides is 3. The van der Waals surface area contributed by atoms with Crippen LogP contribution in [0.2, 0.25) is 0 Å². The third-order valence-electron chi connectivity index (χ3n) is 5.43. The Balaban J connectivity index is 1.65. The van der Waals surface area contributed by atoms with E-state index in [0.717, 1.165) is 11.3 Å². The molecule has 0 fully saturated rings. The molecule has 0 radical (unpaired) electrons. The number of hydrogen-bond donors (Lipinski definition) is 3. The summed E-state index contributed by atoms with van der Waals surface area (Å²) in [4.78, 5) is 49.6. The molecule has 0 aliphatic carbocycles. The number of carbonyl (C=O) groups is 4. The van der Waals surface area contributed by atoms with Crippen LogP contribution in [0.3, 0.4) is 0 Å². The highest BCUT2D eigenvalue weighted by atomic mass is 16.5. The van der Waals surface area contributed by atoms with Crippen molar-refractivity contribution in [3.63, 3.8) is 0 Å². The van der Waals surface area contributed by atoms with E-state index in [1.54, 1.807) is 39.2 Å². The van der Waals surface area contributed by atoms with Gasteiger partial charge < -0.3 is 30.2 Å². The van der Waals surface area contributed by atoms with Crippen LogP contribution in [-0.4, -0.2) is 50.2 Å². The van der Waals surface area contributed by atoms with Gasteiger partial charge in [0, 0.05) is 6.42 Å². The number of nitrogens with one attached hydrogen (secondary N) is 3. The highest BCUT2D eigenvalue weighted by Crippen LogP contribution is 2.20. The summed E-state index contributed by atoms with van der Waals surface area (Å²) in [6, 6.07) is 12.7. The predicted molar refractivity (Wildman–Crippen MR) is 131 cm³/mol. The van der Waals surface area contributed by atoms with Gasteiger partial charge in [0.2, 0.25) is 5.91 Å². The molecule has 1 aliphatic rings. The first kappa shape index (κ1) is 26.3. The van der Waals surface area contributed by atoms with Gasteiger partial charge in [0.05, 0.1) is 42.3 Å². The second kappa shape index (κ2) is 12.4. The summed E-state index contributed by atoms with van der Waals surface area (Å²) in [5.74, 6) is -0.873.